The van der Waals surface area contributed by atoms with Crippen molar-refractivity contribution in [2.24, 2.45) is 10.9 Å². The molecular weight excluding hydrogens is 318 g/mol. The number of hydrogen-bond donors (Lipinski definition) is 1. The van der Waals surface area contributed by atoms with Gasteiger partial charge in [-0.05, 0) is 19.8 Å². The van der Waals surface area contributed by atoms with Gasteiger partial charge >= 0.3 is 0 Å². The Kier molecular flexibility index (Phi) is 9.50. The Morgan fingerprint density at radius 1 is 1.39 bits per heavy atom. The first-order valence-electron chi connectivity index (χ1n) is 8.24. The number of hydrogen-bond acceptors (Lipinski definition) is 5. The van der Waals surface area contributed by atoms with E-state index >= 15 is 0 Å². The molecule has 0 bridgehead atoms. The molecule has 23 heavy (non-hydrogen) atoms. The van der Waals surface area contributed by atoms with Crippen molar-refractivity contribution in [1.82, 2.24) is 10.2 Å². The second-order valence-electron chi connectivity index (χ2n) is 5.89. The van der Waals surface area contributed by atoms with E-state index < -0.39 is 9.84 Å². The minimum atomic E-state index is -2.91. The molecular formula is C15H31N3O4S. The smallest absolute Gasteiger partial charge is 0.193 e. The first-order valence-corrected chi connectivity index (χ1v) is 10.3. The number of guanidine groups is 1. The van der Waals surface area contributed by atoms with Crippen molar-refractivity contribution >= 4 is 15.8 Å². The Morgan fingerprint density at radius 3 is 2.83 bits per heavy atom. The van der Waals surface area contributed by atoms with Gasteiger partial charge in [-0.25, -0.2) is 8.42 Å². The Balaban J connectivity index is 2.39. The Labute approximate surface area is 140 Å². The second-order valence-corrected chi connectivity index (χ2v) is 8.15. The van der Waals surface area contributed by atoms with Crippen LogP contribution in [0.25, 0.3) is 0 Å². The lowest BCUT2D eigenvalue weighted by molar-refractivity contribution is 0.0536. The first kappa shape index (κ1) is 20.2. The molecule has 0 aliphatic carbocycles. The van der Waals surface area contributed by atoms with E-state index in [9.17, 15) is 8.42 Å². The topological polar surface area (TPSA) is 80.2 Å². The van der Waals surface area contributed by atoms with Crippen LogP contribution in [0.5, 0.6) is 0 Å². The van der Waals surface area contributed by atoms with E-state index in [1.807, 2.05) is 6.92 Å². The molecule has 0 radical (unpaired) electrons. The molecule has 1 aliphatic heterocycles. The van der Waals surface area contributed by atoms with Crippen molar-refractivity contribution in [3.05, 3.63) is 0 Å². The minimum Gasteiger partial charge on any atom is -0.382 e. The lowest BCUT2D eigenvalue weighted by Gasteiger charge is -2.21. The molecule has 0 aromatic carbocycles. The molecule has 1 N–H and O–H groups in total. The summed E-state index contributed by atoms with van der Waals surface area (Å²) in [6.07, 6.45) is 2.91. The molecule has 1 rings (SSSR count). The number of sulfone groups is 1. The molecule has 1 unspecified atom stereocenters. The zero-order valence-corrected chi connectivity index (χ0v) is 15.4. The normalized spacial score (nSPS) is 19.3. The van der Waals surface area contributed by atoms with Crippen molar-refractivity contribution < 1.29 is 17.9 Å². The van der Waals surface area contributed by atoms with E-state index in [1.165, 1.54) is 6.26 Å². The second kappa shape index (κ2) is 10.8. The standard InChI is InChI=1S/C15H31N3O4S/c1-4-16-15(17-7-5-11-23(3,19)20)18-8-6-14(12-18)13-22-10-9-21-2/h14H,4-13H2,1-3H3,(H,16,17). The highest BCUT2D eigenvalue weighted by atomic mass is 32.2. The summed E-state index contributed by atoms with van der Waals surface area (Å²) in [7, 11) is -1.24. The molecule has 1 heterocycles. The van der Waals surface area contributed by atoms with Crippen LogP contribution >= 0.6 is 0 Å². The third-order valence-electron chi connectivity index (χ3n) is 3.64. The van der Waals surface area contributed by atoms with Gasteiger partial charge in [0.1, 0.15) is 9.84 Å². The fourth-order valence-corrected chi connectivity index (χ4v) is 3.14. The van der Waals surface area contributed by atoms with E-state index in [-0.39, 0.29) is 5.75 Å². The van der Waals surface area contributed by atoms with Crippen molar-refractivity contribution in [1.29, 1.82) is 0 Å². The van der Waals surface area contributed by atoms with Crippen molar-refractivity contribution in [3.63, 3.8) is 0 Å². The third kappa shape index (κ3) is 9.12. The van der Waals surface area contributed by atoms with Gasteiger partial charge in [0.15, 0.2) is 5.96 Å². The summed E-state index contributed by atoms with van der Waals surface area (Å²) in [5.74, 6) is 1.57. The third-order valence-corrected chi connectivity index (χ3v) is 4.67. The summed E-state index contributed by atoms with van der Waals surface area (Å²) < 4.78 is 32.9. The van der Waals surface area contributed by atoms with Crippen molar-refractivity contribution in [2.75, 3.05) is 65.1 Å². The number of aliphatic imine (C=N–C) groups is 1. The van der Waals surface area contributed by atoms with Crippen molar-refractivity contribution in [2.45, 2.75) is 19.8 Å². The van der Waals surface area contributed by atoms with Gasteiger partial charge in [-0.3, -0.25) is 4.99 Å². The van der Waals surface area contributed by atoms with Crippen LogP contribution in [-0.2, 0) is 19.3 Å². The van der Waals surface area contributed by atoms with E-state index in [2.05, 4.69) is 15.2 Å². The minimum absolute atomic E-state index is 0.186. The Bertz CT molecular complexity index is 454. The fourth-order valence-electron chi connectivity index (χ4n) is 2.49. The molecule has 0 amide bonds. The molecule has 0 aromatic rings. The van der Waals surface area contributed by atoms with Crippen LogP contribution in [0, 0.1) is 5.92 Å². The van der Waals surface area contributed by atoms with Crippen LogP contribution in [0.15, 0.2) is 4.99 Å². The highest BCUT2D eigenvalue weighted by Crippen LogP contribution is 2.16. The molecule has 1 fully saturated rings. The lowest BCUT2D eigenvalue weighted by atomic mass is 10.1. The Morgan fingerprint density at radius 2 is 2.17 bits per heavy atom. The van der Waals surface area contributed by atoms with E-state index in [4.69, 9.17) is 9.47 Å². The summed E-state index contributed by atoms with van der Waals surface area (Å²) in [4.78, 5) is 6.78. The lowest BCUT2D eigenvalue weighted by Crippen LogP contribution is -2.40. The zero-order valence-electron chi connectivity index (χ0n) is 14.6. The number of ether oxygens (including phenoxy) is 2. The highest BCUT2D eigenvalue weighted by Gasteiger charge is 2.24. The van der Waals surface area contributed by atoms with Crippen LogP contribution in [0.4, 0.5) is 0 Å². The first-order chi connectivity index (χ1) is 11.0. The van der Waals surface area contributed by atoms with Crippen LogP contribution in [-0.4, -0.2) is 84.4 Å². The molecule has 1 atom stereocenters. The van der Waals surface area contributed by atoms with E-state index in [1.54, 1.807) is 7.11 Å². The van der Waals surface area contributed by atoms with Crippen LogP contribution in [0.1, 0.15) is 19.8 Å². The summed E-state index contributed by atoms with van der Waals surface area (Å²) in [5.41, 5.74) is 0. The van der Waals surface area contributed by atoms with Crippen LogP contribution in [0.2, 0.25) is 0 Å². The van der Waals surface area contributed by atoms with Gasteiger partial charge in [0.25, 0.3) is 0 Å². The monoisotopic (exact) mass is 349 g/mol. The average Bonchev–Trinajstić information content (AvgIpc) is 2.94. The average molecular weight is 349 g/mol. The van der Waals surface area contributed by atoms with Gasteiger partial charge in [-0.1, -0.05) is 0 Å². The number of rotatable bonds is 10. The fraction of sp³-hybridized carbons (Fsp3) is 0.933. The molecule has 0 spiro atoms. The van der Waals surface area contributed by atoms with Crippen molar-refractivity contribution in [3.8, 4) is 0 Å². The van der Waals surface area contributed by atoms with Gasteiger partial charge in [-0.15, -0.1) is 0 Å². The highest BCUT2D eigenvalue weighted by molar-refractivity contribution is 7.90. The molecule has 8 heteroatoms. The maximum Gasteiger partial charge on any atom is 0.193 e. The van der Waals surface area contributed by atoms with Gasteiger partial charge in [0.05, 0.1) is 25.6 Å². The van der Waals surface area contributed by atoms with Gasteiger partial charge in [0, 0.05) is 45.5 Å². The molecule has 1 saturated heterocycles. The van der Waals surface area contributed by atoms with Crippen LogP contribution < -0.4 is 5.32 Å². The molecule has 7 nitrogen and oxygen atoms in total. The molecule has 1 aliphatic rings. The number of nitrogens with zero attached hydrogens (tertiary/aromatic N) is 2. The largest absolute Gasteiger partial charge is 0.382 e. The molecule has 0 aromatic heterocycles. The van der Waals surface area contributed by atoms with Gasteiger partial charge < -0.3 is 19.7 Å². The number of likely N-dealkylation sites (tertiary alicyclic amines) is 1. The van der Waals surface area contributed by atoms with Gasteiger partial charge in [0.2, 0.25) is 0 Å². The number of methoxy groups -OCH3 is 1. The molecule has 0 saturated carbocycles. The number of nitrogens with one attached hydrogen (secondary N) is 1. The van der Waals surface area contributed by atoms with E-state index in [0.717, 1.165) is 38.6 Å². The Hall–Kier alpha value is -0.860. The predicted molar refractivity (Wildman–Crippen MR) is 92.7 cm³/mol. The predicted octanol–water partition coefficient (Wildman–Crippen LogP) is 0.372. The summed E-state index contributed by atoms with van der Waals surface area (Å²) in [5, 5.41) is 3.28. The van der Waals surface area contributed by atoms with Crippen LogP contribution in [0.3, 0.4) is 0 Å². The van der Waals surface area contributed by atoms with E-state index in [0.29, 0.717) is 32.1 Å². The quantitative estimate of drug-likeness (QED) is 0.349. The zero-order chi connectivity index (χ0) is 17.1. The maximum atomic E-state index is 11.2. The summed E-state index contributed by atoms with van der Waals surface area (Å²) in [6, 6.07) is 0. The SMILES string of the molecule is CCNC(=NCCCS(C)(=O)=O)N1CCC(COCCOC)C1. The van der Waals surface area contributed by atoms with Gasteiger partial charge in [-0.2, -0.15) is 0 Å². The maximum absolute atomic E-state index is 11.2. The summed E-state index contributed by atoms with van der Waals surface area (Å²) in [6.45, 7) is 7.24. The molecule has 136 valence electrons. The summed E-state index contributed by atoms with van der Waals surface area (Å²) >= 11 is 0.